The highest BCUT2D eigenvalue weighted by Gasteiger charge is 2.12. The molecule has 4 aliphatic heterocycles. The van der Waals surface area contributed by atoms with Gasteiger partial charge < -0.3 is 29.6 Å². The van der Waals surface area contributed by atoms with Gasteiger partial charge in [-0.25, -0.2) is 0 Å². The first-order chi connectivity index (χ1) is 17.7. The second kappa shape index (κ2) is 13.2. The Morgan fingerprint density at radius 2 is 1.00 bits per heavy atom. The first kappa shape index (κ1) is 25.2. The maximum absolute atomic E-state index is 12.6. The van der Waals surface area contributed by atoms with Gasteiger partial charge in [-0.3, -0.25) is 14.6 Å². The van der Waals surface area contributed by atoms with E-state index in [9.17, 15) is 9.59 Å². The van der Waals surface area contributed by atoms with Crippen LogP contribution in [0.3, 0.4) is 0 Å². The smallest absolute Gasteiger partial charge is 0.253 e. The first-order valence-electron chi connectivity index (χ1n) is 11.8. The summed E-state index contributed by atoms with van der Waals surface area (Å²) in [7, 11) is 0. The van der Waals surface area contributed by atoms with Crippen molar-refractivity contribution in [1.82, 2.24) is 15.6 Å². The lowest BCUT2D eigenvalue weighted by Gasteiger charge is -2.10. The standard InChI is InChI=1S/C27H29N3O6/c31-26-22-15-23(19-28-18-22)27(32)30-17-21-3-7-25(8-4-21)36-14-12-34-10-9-33-11-13-35-24-5-1-20(2-6-24)16-29-26/h1-8,15,18-19H,9-14,16-17H2,(H,29,31)(H,30,32). The molecule has 0 saturated heterocycles. The Kier molecular flexibility index (Phi) is 9.24. The molecule has 0 aliphatic carbocycles. The fourth-order valence-corrected chi connectivity index (χ4v) is 3.42. The van der Waals surface area contributed by atoms with Crippen LogP contribution in [0.4, 0.5) is 0 Å². The Labute approximate surface area is 209 Å². The van der Waals surface area contributed by atoms with Gasteiger partial charge >= 0.3 is 0 Å². The van der Waals surface area contributed by atoms with E-state index in [0.717, 1.165) is 22.6 Å². The molecule has 2 N–H and O–H groups in total. The largest absolute Gasteiger partial charge is 0.491 e. The van der Waals surface area contributed by atoms with Crippen LogP contribution in [0.25, 0.3) is 0 Å². The topological polar surface area (TPSA) is 108 Å². The summed E-state index contributed by atoms with van der Waals surface area (Å²) in [6.07, 6.45) is 2.87. The number of nitrogens with one attached hydrogen (secondary N) is 2. The van der Waals surface area contributed by atoms with Crippen molar-refractivity contribution < 1.29 is 28.5 Å². The van der Waals surface area contributed by atoms with Crippen LogP contribution in [0.5, 0.6) is 11.5 Å². The molecule has 9 heteroatoms. The lowest BCUT2D eigenvalue weighted by atomic mass is 10.1. The quantitative estimate of drug-likeness (QED) is 0.498. The highest BCUT2D eigenvalue weighted by Crippen LogP contribution is 2.14. The molecular weight excluding hydrogens is 462 g/mol. The number of amides is 2. The number of nitrogens with zero attached hydrogens (tertiary/aromatic N) is 1. The van der Waals surface area contributed by atoms with Gasteiger partial charge in [0.15, 0.2) is 0 Å². The van der Waals surface area contributed by atoms with E-state index in [0.29, 0.717) is 63.9 Å². The number of hydrogen-bond acceptors (Lipinski definition) is 7. The molecule has 0 saturated carbocycles. The Bertz CT molecular complexity index is 1050. The summed E-state index contributed by atoms with van der Waals surface area (Å²) >= 11 is 0. The van der Waals surface area contributed by atoms with Crippen LogP contribution in [-0.4, -0.2) is 56.4 Å². The van der Waals surface area contributed by atoms with E-state index in [1.54, 1.807) is 0 Å². The molecule has 0 unspecified atom stereocenters. The molecule has 3 aromatic rings. The van der Waals surface area contributed by atoms with E-state index in [4.69, 9.17) is 18.9 Å². The van der Waals surface area contributed by atoms with Gasteiger partial charge in [0, 0.05) is 25.5 Å². The van der Waals surface area contributed by atoms with Crippen LogP contribution in [0, 0.1) is 0 Å². The van der Waals surface area contributed by atoms with E-state index in [-0.39, 0.29) is 11.8 Å². The van der Waals surface area contributed by atoms with E-state index < -0.39 is 0 Å². The zero-order chi connectivity index (χ0) is 25.0. The van der Waals surface area contributed by atoms with Gasteiger partial charge in [0.25, 0.3) is 11.8 Å². The summed E-state index contributed by atoms with van der Waals surface area (Å²) < 4.78 is 22.4. The predicted octanol–water partition coefficient (Wildman–Crippen LogP) is 2.75. The SMILES string of the molecule is O=C1NCc2ccc(cc2)OCCOCCOCCOc2ccc(cc2)CNC(=O)c2cncc1c2. The average molecular weight is 492 g/mol. The van der Waals surface area contributed by atoms with Crippen molar-refractivity contribution >= 4 is 11.8 Å². The van der Waals surface area contributed by atoms with E-state index in [2.05, 4.69) is 15.6 Å². The Balaban J connectivity index is 1.40. The second-order valence-electron chi connectivity index (χ2n) is 8.04. The van der Waals surface area contributed by atoms with Gasteiger partial charge in [0.2, 0.25) is 0 Å². The predicted molar refractivity (Wildman–Crippen MR) is 132 cm³/mol. The number of hydrogen-bond donors (Lipinski definition) is 2. The summed E-state index contributed by atoms with van der Waals surface area (Å²) in [6.45, 7) is 3.36. The third-order valence-electron chi connectivity index (χ3n) is 5.38. The molecule has 6 bridgehead atoms. The fraction of sp³-hybridized carbons (Fsp3) is 0.296. The van der Waals surface area contributed by atoms with E-state index in [1.165, 1.54) is 18.5 Å². The molecule has 4 aliphatic rings. The number of ether oxygens (including phenoxy) is 4. The molecule has 36 heavy (non-hydrogen) atoms. The van der Waals surface area contributed by atoms with Crippen LogP contribution in [-0.2, 0) is 22.6 Å². The van der Waals surface area contributed by atoms with Crippen LogP contribution < -0.4 is 20.1 Å². The molecule has 2 aromatic carbocycles. The number of benzene rings is 2. The van der Waals surface area contributed by atoms with E-state index in [1.807, 2.05) is 48.5 Å². The number of carbonyl (C=O) groups excluding carboxylic acids is 2. The summed E-state index contributed by atoms with van der Waals surface area (Å²) in [6, 6.07) is 16.4. The van der Waals surface area contributed by atoms with Crippen molar-refractivity contribution in [3.8, 4) is 11.5 Å². The normalized spacial score (nSPS) is 16.2. The molecule has 1 aromatic heterocycles. The Hall–Kier alpha value is -3.95. The monoisotopic (exact) mass is 491 g/mol. The number of pyridine rings is 1. The van der Waals surface area contributed by atoms with Gasteiger partial charge in [-0.2, -0.15) is 0 Å². The highest BCUT2D eigenvalue weighted by atomic mass is 16.6. The van der Waals surface area contributed by atoms with Gasteiger partial charge in [-0.1, -0.05) is 24.3 Å². The first-order valence-corrected chi connectivity index (χ1v) is 11.8. The van der Waals surface area contributed by atoms with Gasteiger partial charge in [0.1, 0.15) is 24.7 Å². The van der Waals surface area contributed by atoms with Crippen molar-refractivity contribution in [3.63, 3.8) is 0 Å². The van der Waals surface area contributed by atoms with Crippen molar-refractivity contribution in [2.45, 2.75) is 13.1 Å². The molecule has 188 valence electrons. The van der Waals surface area contributed by atoms with Crippen molar-refractivity contribution in [2.24, 2.45) is 0 Å². The minimum absolute atomic E-state index is 0.311. The lowest BCUT2D eigenvalue weighted by Crippen LogP contribution is -2.25. The highest BCUT2D eigenvalue weighted by molar-refractivity contribution is 5.99. The molecule has 0 radical (unpaired) electrons. The van der Waals surface area contributed by atoms with Crippen molar-refractivity contribution in [3.05, 3.63) is 89.2 Å². The number of carbonyl (C=O) groups is 2. The van der Waals surface area contributed by atoms with Crippen LogP contribution >= 0.6 is 0 Å². The summed E-state index contributed by atoms with van der Waals surface area (Å²) in [5, 5.41) is 5.70. The molecule has 7 rings (SSSR count). The van der Waals surface area contributed by atoms with Crippen LogP contribution in [0.15, 0.2) is 67.0 Å². The number of aromatic nitrogens is 1. The minimum atomic E-state index is -0.313. The Morgan fingerprint density at radius 1 is 0.583 bits per heavy atom. The molecular formula is C27H29N3O6. The fourth-order valence-electron chi connectivity index (χ4n) is 3.42. The molecule has 5 heterocycles. The van der Waals surface area contributed by atoms with E-state index >= 15 is 0 Å². The summed E-state index contributed by atoms with van der Waals surface area (Å²) in [5.74, 6) is 0.809. The minimum Gasteiger partial charge on any atom is -0.491 e. The van der Waals surface area contributed by atoms with Crippen molar-refractivity contribution in [1.29, 1.82) is 0 Å². The van der Waals surface area contributed by atoms with Gasteiger partial charge in [-0.15, -0.1) is 0 Å². The van der Waals surface area contributed by atoms with Crippen molar-refractivity contribution in [2.75, 3.05) is 39.6 Å². The lowest BCUT2D eigenvalue weighted by molar-refractivity contribution is 0.0273. The average Bonchev–Trinajstić information content (AvgIpc) is 2.92. The zero-order valence-electron chi connectivity index (χ0n) is 19.9. The second-order valence-corrected chi connectivity index (χ2v) is 8.04. The Morgan fingerprint density at radius 3 is 1.44 bits per heavy atom. The summed E-state index contributed by atoms with van der Waals surface area (Å²) in [5.41, 5.74) is 2.45. The molecule has 9 nitrogen and oxygen atoms in total. The maximum Gasteiger partial charge on any atom is 0.253 e. The third-order valence-corrected chi connectivity index (χ3v) is 5.38. The molecule has 0 fully saturated rings. The number of rotatable bonds is 0. The van der Waals surface area contributed by atoms with Gasteiger partial charge in [0.05, 0.1) is 37.6 Å². The molecule has 0 atom stereocenters. The summed E-state index contributed by atoms with van der Waals surface area (Å²) in [4.78, 5) is 29.3. The zero-order valence-corrected chi connectivity index (χ0v) is 19.9. The molecule has 0 spiro atoms. The maximum atomic E-state index is 12.6. The van der Waals surface area contributed by atoms with Crippen LogP contribution in [0.1, 0.15) is 31.8 Å². The van der Waals surface area contributed by atoms with Gasteiger partial charge in [-0.05, 0) is 41.5 Å². The third kappa shape index (κ3) is 7.79. The molecule has 2 amide bonds. The van der Waals surface area contributed by atoms with Crippen LogP contribution in [0.2, 0.25) is 0 Å².